The number of benzene rings is 1. The van der Waals surface area contributed by atoms with Gasteiger partial charge in [-0.05, 0) is 18.6 Å². The molecule has 0 saturated carbocycles. The van der Waals surface area contributed by atoms with Gasteiger partial charge in [0.25, 0.3) is 0 Å². The smallest absolute Gasteiger partial charge is 0.220 e. The molecule has 3 nitrogen and oxygen atoms in total. The number of carbonyl (C=O) groups is 1. The highest BCUT2D eigenvalue weighted by Crippen LogP contribution is 2.22. The van der Waals surface area contributed by atoms with Crippen molar-refractivity contribution in [3.8, 4) is 0 Å². The zero-order valence-corrected chi connectivity index (χ0v) is 10.7. The van der Waals surface area contributed by atoms with Crippen LogP contribution in [0.15, 0.2) is 24.3 Å². The second-order valence-electron chi connectivity index (χ2n) is 3.93. The molecular formula is C13H16N2OS. The van der Waals surface area contributed by atoms with E-state index in [2.05, 4.69) is 16.4 Å². The minimum atomic E-state index is 0.117. The predicted octanol–water partition coefficient (Wildman–Crippen LogP) is 2.76. The Kier molecular flexibility index (Phi) is 4.09. The van der Waals surface area contributed by atoms with E-state index in [9.17, 15) is 4.79 Å². The van der Waals surface area contributed by atoms with E-state index in [-0.39, 0.29) is 5.91 Å². The summed E-state index contributed by atoms with van der Waals surface area (Å²) in [6.45, 7) is 2.81. The standard InChI is InChI=1S/C13H16N2OS/c1-2-9-14-12(16)7-8-13-15-10-5-3-4-6-11(10)17-13/h3-6H,2,7-9H2,1H3,(H,14,16). The first-order valence-electron chi connectivity index (χ1n) is 5.90. The zero-order valence-electron chi connectivity index (χ0n) is 9.90. The van der Waals surface area contributed by atoms with E-state index in [4.69, 9.17) is 0 Å². The van der Waals surface area contributed by atoms with Gasteiger partial charge in [0.15, 0.2) is 0 Å². The molecule has 1 N–H and O–H groups in total. The van der Waals surface area contributed by atoms with Crippen molar-refractivity contribution in [1.82, 2.24) is 10.3 Å². The van der Waals surface area contributed by atoms with Crippen LogP contribution in [0, 0.1) is 0 Å². The Bertz CT molecular complexity index is 474. The molecule has 0 aliphatic heterocycles. The molecule has 1 amide bonds. The van der Waals surface area contributed by atoms with Crippen molar-refractivity contribution in [2.75, 3.05) is 6.54 Å². The maximum atomic E-state index is 11.5. The van der Waals surface area contributed by atoms with Crippen molar-refractivity contribution in [1.29, 1.82) is 0 Å². The number of aromatic nitrogens is 1. The van der Waals surface area contributed by atoms with E-state index >= 15 is 0 Å². The number of nitrogens with one attached hydrogen (secondary N) is 1. The molecule has 0 bridgehead atoms. The van der Waals surface area contributed by atoms with E-state index < -0.39 is 0 Å². The molecule has 0 saturated heterocycles. The van der Waals surface area contributed by atoms with Gasteiger partial charge in [-0.1, -0.05) is 19.1 Å². The summed E-state index contributed by atoms with van der Waals surface area (Å²) in [5, 5.41) is 3.91. The van der Waals surface area contributed by atoms with Crippen molar-refractivity contribution in [3.63, 3.8) is 0 Å². The number of nitrogens with zero attached hydrogens (tertiary/aromatic N) is 1. The second kappa shape index (κ2) is 5.77. The van der Waals surface area contributed by atoms with Crippen LogP contribution in [0.25, 0.3) is 10.2 Å². The van der Waals surface area contributed by atoms with Crippen LogP contribution >= 0.6 is 11.3 Å². The van der Waals surface area contributed by atoms with Gasteiger partial charge in [-0.25, -0.2) is 4.98 Å². The summed E-state index contributed by atoms with van der Waals surface area (Å²) in [6.07, 6.45) is 2.24. The summed E-state index contributed by atoms with van der Waals surface area (Å²) in [4.78, 5) is 16.0. The van der Waals surface area contributed by atoms with Gasteiger partial charge in [-0.2, -0.15) is 0 Å². The number of rotatable bonds is 5. The first-order chi connectivity index (χ1) is 8.29. The predicted molar refractivity (Wildman–Crippen MR) is 71.2 cm³/mol. The third kappa shape index (κ3) is 3.27. The SMILES string of the molecule is CCCNC(=O)CCc1nc2ccccc2s1. The first-order valence-corrected chi connectivity index (χ1v) is 6.72. The minimum absolute atomic E-state index is 0.117. The Labute approximate surface area is 105 Å². The largest absolute Gasteiger partial charge is 0.356 e. The minimum Gasteiger partial charge on any atom is -0.356 e. The second-order valence-corrected chi connectivity index (χ2v) is 5.04. The lowest BCUT2D eigenvalue weighted by atomic mass is 10.3. The normalized spacial score (nSPS) is 10.6. The van der Waals surface area contributed by atoms with E-state index in [1.165, 1.54) is 4.70 Å². The molecule has 1 aromatic heterocycles. The number of para-hydroxylation sites is 1. The van der Waals surface area contributed by atoms with Gasteiger partial charge in [0.1, 0.15) is 0 Å². The summed E-state index contributed by atoms with van der Waals surface area (Å²) in [7, 11) is 0. The molecule has 0 unspecified atom stereocenters. The third-order valence-corrected chi connectivity index (χ3v) is 3.57. The molecule has 0 atom stereocenters. The van der Waals surface area contributed by atoms with Crippen LogP contribution < -0.4 is 5.32 Å². The lowest BCUT2D eigenvalue weighted by Crippen LogP contribution is -2.24. The molecule has 17 heavy (non-hydrogen) atoms. The molecule has 1 aromatic carbocycles. The summed E-state index contributed by atoms with van der Waals surface area (Å²) >= 11 is 1.67. The Morgan fingerprint density at radius 3 is 3.00 bits per heavy atom. The van der Waals surface area contributed by atoms with Crippen LogP contribution in [0.4, 0.5) is 0 Å². The number of amides is 1. The van der Waals surface area contributed by atoms with Gasteiger partial charge in [0.2, 0.25) is 5.91 Å². The van der Waals surface area contributed by atoms with Crippen molar-refractivity contribution in [3.05, 3.63) is 29.3 Å². The van der Waals surface area contributed by atoms with Crippen LogP contribution in [0.1, 0.15) is 24.8 Å². The highest BCUT2D eigenvalue weighted by Gasteiger charge is 2.06. The third-order valence-electron chi connectivity index (χ3n) is 2.48. The molecule has 4 heteroatoms. The molecule has 2 aromatic rings. The van der Waals surface area contributed by atoms with Crippen LogP contribution in [0.2, 0.25) is 0 Å². The molecule has 1 heterocycles. The molecule has 90 valence electrons. The van der Waals surface area contributed by atoms with Crippen molar-refractivity contribution >= 4 is 27.5 Å². The molecule has 2 rings (SSSR count). The highest BCUT2D eigenvalue weighted by molar-refractivity contribution is 7.18. The molecule has 0 spiro atoms. The average Bonchev–Trinajstić information content (AvgIpc) is 2.76. The quantitative estimate of drug-likeness (QED) is 0.884. The summed E-state index contributed by atoms with van der Waals surface area (Å²) in [5.41, 5.74) is 1.03. The number of carbonyl (C=O) groups excluding carboxylic acids is 1. The van der Waals surface area contributed by atoms with Gasteiger partial charge in [0, 0.05) is 19.4 Å². The fourth-order valence-corrected chi connectivity index (χ4v) is 2.57. The number of aryl methyl sites for hydroxylation is 1. The van der Waals surface area contributed by atoms with E-state index in [1.54, 1.807) is 11.3 Å². The van der Waals surface area contributed by atoms with E-state index in [0.717, 1.165) is 29.9 Å². The molecule has 0 aliphatic carbocycles. The van der Waals surface area contributed by atoms with Gasteiger partial charge in [0.05, 0.1) is 15.2 Å². The van der Waals surface area contributed by atoms with Crippen molar-refractivity contribution < 1.29 is 4.79 Å². The summed E-state index contributed by atoms with van der Waals surface area (Å²) < 4.78 is 1.19. The Morgan fingerprint density at radius 1 is 1.41 bits per heavy atom. The Balaban J connectivity index is 1.92. The van der Waals surface area contributed by atoms with Crippen molar-refractivity contribution in [2.24, 2.45) is 0 Å². The molecule has 0 fully saturated rings. The number of fused-ring (bicyclic) bond motifs is 1. The summed E-state index contributed by atoms with van der Waals surface area (Å²) in [6, 6.07) is 8.07. The van der Waals surface area contributed by atoms with Crippen molar-refractivity contribution in [2.45, 2.75) is 26.2 Å². The van der Waals surface area contributed by atoms with Gasteiger partial charge in [-0.15, -0.1) is 11.3 Å². The van der Waals surface area contributed by atoms with E-state index in [0.29, 0.717) is 6.42 Å². The first kappa shape index (κ1) is 12.0. The van der Waals surface area contributed by atoms with Gasteiger partial charge >= 0.3 is 0 Å². The molecule has 0 aliphatic rings. The highest BCUT2D eigenvalue weighted by atomic mass is 32.1. The maximum Gasteiger partial charge on any atom is 0.220 e. The number of thiazole rings is 1. The van der Waals surface area contributed by atoms with Crippen LogP contribution in [-0.4, -0.2) is 17.4 Å². The lowest BCUT2D eigenvalue weighted by Gasteiger charge is -2.00. The topological polar surface area (TPSA) is 42.0 Å². The Morgan fingerprint density at radius 2 is 2.24 bits per heavy atom. The van der Waals surface area contributed by atoms with Gasteiger partial charge in [-0.3, -0.25) is 4.79 Å². The molecule has 0 radical (unpaired) electrons. The Hall–Kier alpha value is -1.42. The average molecular weight is 248 g/mol. The molecular weight excluding hydrogens is 232 g/mol. The van der Waals surface area contributed by atoms with E-state index in [1.807, 2.05) is 25.1 Å². The van der Waals surface area contributed by atoms with Crippen LogP contribution in [0.5, 0.6) is 0 Å². The fourth-order valence-electron chi connectivity index (χ4n) is 1.60. The number of hydrogen-bond acceptors (Lipinski definition) is 3. The van der Waals surface area contributed by atoms with Gasteiger partial charge < -0.3 is 5.32 Å². The lowest BCUT2D eigenvalue weighted by molar-refractivity contribution is -0.121. The zero-order chi connectivity index (χ0) is 12.1. The fraction of sp³-hybridized carbons (Fsp3) is 0.385. The number of hydrogen-bond donors (Lipinski definition) is 1. The van der Waals surface area contributed by atoms with Crippen LogP contribution in [0.3, 0.4) is 0 Å². The monoisotopic (exact) mass is 248 g/mol. The summed E-state index contributed by atoms with van der Waals surface area (Å²) in [5.74, 6) is 0.117. The van der Waals surface area contributed by atoms with Crippen LogP contribution in [-0.2, 0) is 11.2 Å². The maximum absolute atomic E-state index is 11.5.